The van der Waals surface area contributed by atoms with Crippen LogP contribution in [0.2, 0.25) is 0 Å². The Morgan fingerprint density at radius 2 is 1.35 bits per heavy atom. The summed E-state index contributed by atoms with van der Waals surface area (Å²) in [5, 5.41) is 9.19. The van der Waals surface area contributed by atoms with Crippen LogP contribution in [-0.2, 0) is 9.59 Å². The molecular weight excluding hydrogens is 386 g/mol. The van der Waals surface area contributed by atoms with Gasteiger partial charge in [-0.05, 0) is 43.9 Å². The molecule has 0 aromatic carbocycles. The first-order valence-electron chi connectivity index (χ1n) is 13.0. The maximum absolute atomic E-state index is 13.5. The maximum atomic E-state index is 13.5. The highest BCUT2D eigenvalue weighted by molar-refractivity contribution is 5.81. The van der Waals surface area contributed by atoms with E-state index in [0.717, 1.165) is 38.8 Å². The van der Waals surface area contributed by atoms with E-state index in [2.05, 4.69) is 45.6 Å². The molecule has 0 saturated carbocycles. The Bertz CT molecular complexity index is 473. The molecule has 0 saturated heterocycles. The van der Waals surface area contributed by atoms with Gasteiger partial charge in [-0.1, -0.05) is 91.7 Å². The number of carboxylic acid groups (broad SMARTS) is 1. The van der Waals surface area contributed by atoms with Crippen molar-refractivity contribution in [3.63, 3.8) is 0 Å². The van der Waals surface area contributed by atoms with Crippen molar-refractivity contribution in [2.24, 2.45) is 17.8 Å². The first kappa shape index (κ1) is 29.7. The minimum absolute atomic E-state index is 0.0429. The lowest BCUT2D eigenvalue weighted by molar-refractivity contribution is -0.138. The molecule has 3 unspecified atom stereocenters. The third-order valence-electron chi connectivity index (χ3n) is 6.06. The van der Waals surface area contributed by atoms with Gasteiger partial charge >= 0.3 is 5.97 Å². The highest BCUT2D eigenvalue weighted by atomic mass is 16.4. The van der Waals surface area contributed by atoms with Crippen LogP contribution in [0, 0.1) is 17.8 Å². The average Bonchev–Trinajstić information content (AvgIpc) is 2.74. The molecule has 182 valence electrons. The summed E-state index contributed by atoms with van der Waals surface area (Å²) in [6, 6.07) is 0. The summed E-state index contributed by atoms with van der Waals surface area (Å²) < 4.78 is 0. The molecule has 0 rings (SSSR count). The summed E-state index contributed by atoms with van der Waals surface area (Å²) in [6.45, 7) is 12.6. The fourth-order valence-corrected chi connectivity index (χ4v) is 4.06. The smallest absolute Gasteiger partial charge is 0.303 e. The number of carbonyl (C=O) groups excluding carboxylic acids is 1. The SMILES string of the molecule is CCCCCC/C=C\C(CCC(=O)O)C(=O)N(CC(C)CCCC)CC(C)CCCC. The minimum atomic E-state index is -0.826. The summed E-state index contributed by atoms with van der Waals surface area (Å²) in [7, 11) is 0. The van der Waals surface area contributed by atoms with Gasteiger partial charge in [-0.15, -0.1) is 0 Å². The van der Waals surface area contributed by atoms with E-state index in [1.54, 1.807) is 0 Å². The zero-order valence-corrected chi connectivity index (χ0v) is 21.2. The molecule has 4 nitrogen and oxygen atoms in total. The Kier molecular flexibility index (Phi) is 18.5. The van der Waals surface area contributed by atoms with Crippen molar-refractivity contribution in [3.05, 3.63) is 12.2 Å². The number of carbonyl (C=O) groups is 2. The normalized spacial score (nSPS) is 14.5. The van der Waals surface area contributed by atoms with Crippen LogP contribution >= 0.6 is 0 Å². The van der Waals surface area contributed by atoms with Gasteiger partial charge in [0.25, 0.3) is 0 Å². The number of nitrogens with zero attached hydrogens (tertiary/aromatic N) is 1. The Hall–Kier alpha value is -1.32. The van der Waals surface area contributed by atoms with E-state index < -0.39 is 5.97 Å². The number of carboxylic acids is 1. The van der Waals surface area contributed by atoms with E-state index in [4.69, 9.17) is 0 Å². The van der Waals surface area contributed by atoms with Gasteiger partial charge in [-0.25, -0.2) is 0 Å². The van der Waals surface area contributed by atoms with E-state index in [9.17, 15) is 14.7 Å². The van der Waals surface area contributed by atoms with Gasteiger partial charge in [0, 0.05) is 19.5 Å². The largest absolute Gasteiger partial charge is 0.481 e. The van der Waals surface area contributed by atoms with E-state index in [1.807, 2.05) is 6.08 Å². The minimum Gasteiger partial charge on any atom is -0.481 e. The molecule has 0 fully saturated rings. The second-order valence-electron chi connectivity index (χ2n) is 9.55. The summed E-state index contributed by atoms with van der Waals surface area (Å²) in [6.07, 6.45) is 17.3. The van der Waals surface area contributed by atoms with Gasteiger partial charge in [0.1, 0.15) is 0 Å². The monoisotopic (exact) mass is 437 g/mol. The highest BCUT2D eigenvalue weighted by Crippen LogP contribution is 2.20. The Morgan fingerprint density at radius 3 is 1.84 bits per heavy atom. The predicted octanol–water partition coefficient (Wildman–Crippen LogP) is 7.48. The van der Waals surface area contributed by atoms with Crippen LogP contribution in [0.25, 0.3) is 0 Å². The van der Waals surface area contributed by atoms with Crippen molar-refractivity contribution in [2.45, 2.75) is 118 Å². The molecule has 0 bridgehead atoms. The van der Waals surface area contributed by atoms with Gasteiger partial charge < -0.3 is 10.0 Å². The lowest BCUT2D eigenvalue weighted by atomic mass is 9.96. The molecule has 4 heteroatoms. The number of rotatable bonds is 20. The number of hydrogen-bond acceptors (Lipinski definition) is 2. The molecule has 3 atom stereocenters. The summed E-state index contributed by atoms with van der Waals surface area (Å²) in [5.41, 5.74) is 0. The van der Waals surface area contributed by atoms with Gasteiger partial charge in [-0.3, -0.25) is 9.59 Å². The maximum Gasteiger partial charge on any atom is 0.303 e. The molecule has 0 aliphatic rings. The number of amides is 1. The van der Waals surface area contributed by atoms with Gasteiger partial charge in [0.15, 0.2) is 0 Å². The van der Waals surface area contributed by atoms with Crippen molar-refractivity contribution in [1.29, 1.82) is 0 Å². The van der Waals surface area contributed by atoms with E-state index in [-0.39, 0.29) is 18.2 Å². The Morgan fingerprint density at radius 1 is 0.806 bits per heavy atom. The second-order valence-corrected chi connectivity index (χ2v) is 9.55. The van der Waals surface area contributed by atoms with Crippen molar-refractivity contribution in [3.8, 4) is 0 Å². The molecule has 0 aromatic rings. The summed E-state index contributed by atoms with van der Waals surface area (Å²) in [5.74, 6) is -0.0778. The topological polar surface area (TPSA) is 57.6 Å². The van der Waals surface area contributed by atoms with E-state index in [1.165, 1.54) is 44.9 Å². The third kappa shape index (κ3) is 16.0. The first-order valence-corrected chi connectivity index (χ1v) is 13.0. The molecule has 31 heavy (non-hydrogen) atoms. The van der Waals surface area contributed by atoms with E-state index in [0.29, 0.717) is 18.3 Å². The molecular formula is C27H51NO3. The van der Waals surface area contributed by atoms with Gasteiger partial charge in [-0.2, -0.15) is 0 Å². The Labute approximate surface area is 192 Å². The third-order valence-corrected chi connectivity index (χ3v) is 6.06. The van der Waals surface area contributed by atoms with Crippen LogP contribution in [-0.4, -0.2) is 35.0 Å². The van der Waals surface area contributed by atoms with Crippen LogP contribution in [0.3, 0.4) is 0 Å². The van der Waals surface area contributed by atoms with Crippen LogP contribution < -0.4 is 0 Å². The number of aliphatic carboxylic acids is 1. The van der Waals surface area contributed by atoms with Crippen LogP contribution in [0.5, 0.6) is 0 Å². The second kappa shape index (κ2) is 19.4. The average molecular weight is 438 g/mol. The first-order chi connectivity index (χ1) is 14.8. The van der Waals surface area contributed by atoms with Crippen molar-refractivity contribution in [1.82, 2.24) is 4.90 Å². The Balaban J connectivity index is 5.23. The zero-order valence-electron chi connectivity index (χ0n) is 21.2. The molecule has 0 aliphatic heterocycles. The zero-order chi connectivity index (χ0) is 23.5. The molecule has 0 aliphatic carbocycles. The fraction of sp³-hybridized carbons (Fsp3) is 0.852. The molecule has 0 heterocycles. The molecule has 0 radical (unpaired) electrons. The lowest BCUT2D eigenvalue weighted by Crippen LogP contribution is -2.41. The highest BCUT2D eigenvalue weighted by Gasteiger charge is 2.25. The van der Waals surface area contributed by atoms with Crippen molar-refractivity contribution >= 4 is 11.9 Å². The summed E-state index contributed by atoms with van der Waals surface area (Å²) in [4.78, 5) is 26.8. The predicted molar refractivity (Wildman–Crippen MR) is 132 cm³/mol. The summed E-state index contributed by atoms with van der Waals surface area (Å²) >= 11 is 0. The number of unbranched alkanes of at least 4 members (excludes halogenated alkanes) is 6. The molecule has 0 spiro atoms. The van der Waals surface area contributed by atoms with E-state index >= 15 is 0 Å². The van der Waals surface area contributed by atoms with Gasteiger partial charge in [0.05, 0.1) is 5.92 Å². The lowest BCUT2D eigenvalue weighted by Gasteiger charge is -2.31. The molecule has 0 aromatic heterocycles. The number of allylic oxidation sites excluding steroid dienone is 1. The van der Waals surface area contributed by atoms with Crippen molar-refractivity contribution < 1.29 is 14.7 Å². The number of hydrogen-bond donors (Lipinski definition) is 1. The van der Waals surface area contributed by atoms with Crippen LogP contribution in [0.1, 0.15) is 118 Å². The molecule has 1 amide bonds. The standard InChI is InChI=1S/C27H51NO3/c1-6-9-12-13-14-15-18-25(19-20-26(29)30)27(31)28(21-23(4)16-10-7-2)22-24(5)17-11-8-3/h15,18,23-25H,6-14,16-17,19-22H2,1-5H3,(H,29,30)/b18-15-. The quantitative estimate of drug-likeness (QED) is 0.159. The molecule has 1 N–H and O–H groups in total. The van der Waals surface area contributed by atoms with Gasteiger partial charge in [0.2, 0.25) is 5.91 Å². The fourth-order valence-electron chi connectivity index (χ4n) is 4.06. The van der Waals surface area contributed by atoms with Crippen LogP contribution in [0.15, 0.2) is 12.2 Å². The van der Waals surface area contributed by atoms with Crippen molar-refractivity contribution in [2.75, 3.05) is 13.1 Å². The van der Waals surface area contributed by atoms with Crippen LogP contribution in [0.4, 0.5) is 0 Å².